The van der Waals surface area contributed by atoms with E-state index in [0.717, 1.165) is 11.1 Å². The van der Waals surface area contributed by atoms with Crippen LogP contribution in [-0.2, 0) is 0 Å². The molecule has 1 aromatic carbocycles. The quantitative estimate of drug-likeness (QED) is 0.728. The van der Waals surface area contributed by atoms with Gasteiger partial charge in [0.05, 0.1) is 10.2 Å². The van der Waals surface area contributed by atoms with Crippen molar-refractivity contribution in [2.24, 2.45) is 0 Å². The zero-order chi connectivity index (χ0) is 15.7. The Balaban J connectivity index is 2.27. The number of benzene rings is 1. The molecule has 0 unspecified atom stereocenters. The largest absolute Gasteiger partial charge is 0.384 e. The van der Waals surface area contributed by atoms with E-state index >= 15 is 0 Å². The van der Waals surface area contributed by atoms with Gasteiger partial charge in [-0.1, -0.05) is 12.1 Å². The number of anilines is 2. The van der Waals surface area contributed by atoms with Crippen LogP contribution in [0, 0.1) is 5.82 Å². The second-order valence-corrected chi connectivity index (χ2v) is 5.59. The fraction of sp³-hybridized carbons (Fsp3) is 0. The third-order valence-corrected chi connectivity index (χ3v) is 3.83. The maximum atomic E-state index is 13.5. The summed E-state index contributed by atoms with van der Waals surface area (Å²) in [6, 6.07) is 11.6. The van der Waals surface area contributed by atoms with E-state index in [0.29, 0.717) is 27.4 Å². The van der Waals surface area contributed by atoms with Crippen molar-refractivity contribution < 1.29 is 4.39 Å². The van der Waals surface area contributed by atoms with E-state index in [-0.39, 0.29) is 5.82 Å². The van der Waals surface area contributed by atoms with E-state index in [1.807, 2.05) is 12.1 Å². The molecule has 3 rings (SSSR count). The molecular weight excluding hydrogens is 347 g/mol. The van der Waals surface area contributed by atoms with Crippen LogP contribution in [0.1, 0.15) is 0 Å². The minimum absolute atomic E-state index is 0.332. The molecule has 6 heteroatoms. The molecule has 0 saturated heterocycles. The molecular formula is C16H12BrFN4. The Kier molecular flexibility index (Phi) is 3.77. The Hall–Kier alpha value is -2.47. The summed E-state index contributed by atoms with van der Waals surface area (Å²) in [5, 5.41) is 0. The average Bonchev–Trinajstić information content (AvgIpc) is 2.49. The number of hydrogen-bond donors (Lipinski definition) is 2. The number of nitrogens with zero attached hydrogens (tertiary/aromatic N) is 2. The van der Waals surface area contributed by atoms with Gasteiger partial charge in [-0.15, -0.1) is 0 Å². The van der Waals surface area contributed by atoms with Crippen molar-refractivity contribution in [3.8, 4) is 22.4 Å². The first kappa shape index (κ1) is 14.5. The molecule has 0 aliphatic rings. The van der Waals surface area contributed by atoms with Crippen molar-refractivity contribution in [3.63, 3.8) is 0 Å². The first-order valence-corrected chi connectivity index (χ1v) is 7.28. The van der Waals surface area contributed by atoms with E-state index in [1.54, 1.807) is 24.4 Å². The fourth-order valence-electron chi connectivity index (χ4n) is 2.19. The van der Waals surface area contributed by atoms with Crippen LogP contribution in [0.15, 0.2) is 53.1 Å². The highest BCUT2D eigenvalue weighted by Gasteiger charge is 2.13. The number of nitrogen functional groups attached to an aromatic ring is 2. The summed E-state index contributed by atoms with van der Waals surface area (Å²) < 4.78 is 14.2. The molecule has 22 heavy (non-hydrogen) atoms. The van der Waals surface area contributed by atoms with Gasteiger partial charge in [0.15, 0.2) is 0 Å². The minimum atomic E-state index is -0.332. The maximum Gasteiger partial charge on any atom is 0.138 e. The second-order valence-electron chi connectivity index (χ2n) is 4.73. The Bertz CT molecular complexity index is 781. The van der Waals surface area contributed by atoms with Crippen LogP contribution >= 0.6 is 15.9 Å². The van der Waals surface area contributed by atoms with Gasteiger partial charge in [0.1, 0.15) is 17.5 Å². The van der Waals surface area contributed by atoms with Crippen LogP contribution in [0.5, 0.6) is 0 Å². The van der Waals surface area contributed by atoms with Gasteiger partial charge in [-0.25, -0.2) is 14.4 Å². The first-order chi connectivity index (χ1) is 10.5. The smallest absolute Gasteiger partial charge is 0.138 e. The summed E-state index contributed by atoms with van der Waals surface area (Å²) in [4.78, 5) is 8.38. The molecule has 0 fully saturated rings. The van der Waals surface area contributed by atoms with Gasteiger partial charge >= 0.3 is 0 Å². The number of halogens is 2. The molecule has 0 aliphatic carbocycles. The molecule has 2 aromatic heterocycles. The number of rotatable bonds is 2. The second kappa shape index (κ2) is 5.73. The lowest BCUT2D eigenvalue weighted by Crippen LogP contribution is -1.98. The lowest BCUT2D eigenvalue weighted by atomic mass is 10.00. The topological polar surface area (TPSA) is 77.8 Å². The van der Waals surface area contributed by atoms with E-state index in [4.69, 9.17) is 11.5 Å². The van der Waals surface area contributed by atoms with Crippen molar-refractivity contribution in [1.29, 1.82) is 0 Å². The van der Waals surface area contributed by atoms with Gasteiger partial charge < -0.3 is 11.5 Å². The van der Waals surface area contributed by atoms with E-state index in [1.165, 1.54) is 12.1 Å². The molecule has 110 valence electrons. The number of aromatic nitrogens is 2. The van der Waals surface area contributed by atoms with Crippen molar-refractivity contribution in [3.05, 3.63) is 59.0 Å². The molecule has 0 atom stereocenters. The summed E-state index contributed by atoms with van der Waals surface area (Å²) in [5.41, 5.74) is 14.5. The lowest BCUT2D eigenvalue weighted by molar-refractivity contribution is 0.628. The van der Waals surface area contributed by atoms with Crippen LogP contribution < -0.4 is 11.5 Å². The number of hydrogen-bond acceptors (Lipinski definition) is 4. The van der Waals surface area contributed by atoms with Crippen LogP contribution in [0.4, 0.5) is 16.0 Å². The van der Waals surface area contributed by atoms with Crippen LogP contribution in [0.25, 0.3) is 22.4 Å². The lowest BCUT2D eigenvalue weighted by Gasteiger charge is -2.12. The third kappa shape index (κ3) is 2.78. The van der Waals surface area contributed by atoms with Gasteiger partial charge in [-0.05, 0) is 51.8 Å². The molecule has 0 radical (unpaired) electrons. The molecule has 0 saturated carbocycles. The van der Waals surface area contributed by atoms with Crippen molar-refractivity contribution >= 4 is 27.6 Å². The van der Waals surface area contributed by atoms with Crippen molar-refractivity contribution in [2.75, 3.05) is 11.5 Å². The normalized spacial score (nSPS) is 10.6. The molecule has 2 heterocycles. The summed E-state index contributed by atoms with van der Waals surface area (Å²) in [6.45, 7) is 0. The maximum absolute atomic E-state index is 13.5. The molecule has 0 aliphatic heterocycles. The zero-order valence-electron chi connectivity index (χ0n) is 11.4. The average molecular weight is 359 g/mol. The fourth-order valence-corrected chi connectivity index (χ4v) is 2.51. The highest BCUT2D eigenvalue weighted by Crippen LogP contribution is 2.35. The zero-order valence-corrected chi connectivity index (χ0v) is 13.0. The van der Waals surface area contributed by atoms with Gasteiger partial charge in [0, 0.05) is 17.3 Å². The first-order valence-electron chi connectivity index (χ1n) is 6.48. The molecule has 0 amide bonds. The molecule has 4 nitrogen and oxygen atoms in total. The summed E-state index contributed by atoms with van der Waals surface area (Å²) in [7, 11) is 0. The Morgan fingerprint density at radius 3 is 2.55 bits per heavy atom. The minimum Gasteiger partial charge on any atom is -0.384 e. The third-order valence-electron chi connectivity index (χ3n) is 3.19. The van der Waals surface area contributed by atoms with Crippen molar-refractivity contribution in [2.45, 2.75) is 0 Å². The van der Waals surface area contributed by atoms with Crippen LogP contribution in [0.2, 0.25) is 0 Å². The molecule has 0 bridgehead atoms. The Morgan fingerprint density at radius 2 is 1.82 bits per heavy atom. The standard InChI is InChI=1S/C16H12BrFN4/c17-13-8-12(9-4-5-21-14(19)7-9)15(22-16(13)20)10-2-1-3-11(18)6-10/h1-8H,(H2,19,21)(H2,20,22). The van der Waals surface area contributed by atoms with E-state index in [9.17, 15) is 4.39 Å². The van der Waals surface area contributed by atoms with Crippen molar-refractivity contribution in [1.82, 2.24) is 9.97 Å². The predicted molar refractivity (Wildman–Crippen MR) is 89.4 cm³/mol. The van der Waals surface area contributed by atoms with Crippen LogP contribution in [0.3, 0.4) is 0 Å². The highest BCUT2D eigenvalue weighted by atomic mass is 79.9. The van der Waals surface area contributed by atoms with Crippen LogP contribution in [-0.4, -0.2) is 9.97 Å². The Labute approximate surface area is 135 Å². The predicted octanol–water partition coefficient (Wildman–Crippen LogP) is 3.88. The van der Waals surface area contributed by atoms with Gasteiger partial charge in [-0.3, -0.25) is 0 Å². The van der Waals surface area contributed by atoms with E-state index < -0.39 is 0 Å². The molecule has 0 spiro atoms. The Morgan fingerprint density at radius 1 is 1.00 bits per heavy atom. The highest BCUT2D eigenvalue weighted by molar-refractivity contribution is 9.10. The molecule has 4 N–H and O–H groups in total. The summed E-state index contributed by atoms with van der Waals surface area (Å²) >= 11 is 3.37. The molecule has 3 aromatic rings. The SMILES string of the molecule is Nc1cc(-c2cc(Br)c(N)nc2-c2cccc(F)c2)ccn1. The summed E-state index contributed by atoms with van der Waals surface area (Å²) in [6.07, 6.45) is 1.62. The van der Waals surface area contributed by atoms with Gasteiger partial charge in [0.25, 0.3) is 0 Å². The van der Waals surface area contributed by atoms with Gasteiger partial charge in [0.2, 0.25) is 0 Å². The number of nitrogens with two attached hydrogens (primary N) is 2. The monoisotopic (exact) mass is 358 g/mol. The van der Waals surface area contributed by atoms with E-state index in [2.05, 4.69) is 25.9 Å². The number of pyridine rings is 2. The summed E-state index contributed by atoms with van der Waals surface area (Å²) in [5.74, 6) is 0.404. The van der Waals surface area contributed by atoms with Gasteiger partial charge in [-0.2, -0.15) is 0 Å².